The van der Waals surface area contributed by atoms with Crippen molar-refractivity contribution < 1.29 is 14.4 Å². The van der Waals surface area contributed by atoms with Crippen LogP contribution in [0.5, 0.6) is 0 Å². The Hall–Kier alpha value is -3.15. The van der Waals surface area contributed by atoms with Crippen LogP contribution in [0.4, 0.5) is 11.4 Å². The molecule has 2 aliphatic heterocycles. The number of rotatable bonds is 3. The molecule has 6 heteroatoms. The second-order valence-corrected chi connectivity index (χ2v) is 6.31. The van der Waals surface area contributed by atoms with E-state index in [2.05, 4.69) is 10.2 Å². The normalized spacial score (nSPS) is 15.4. The maximum absolute atomic E-state index is 12.3. The van der Waals surface area contributed by atoms with Gasteiger partial charge in [0.05, 0.1) is 11.1 Å². The van der Waals surface area contributed by atoms with Crippen LogP contribution in [0.2, 0.25) is 0 Å². The molecule has 0 aromatic heterocycles. The quantitative estimate of drug-likeness (QED) is 0.870. The van der Waals surface area contributed by atoms with Crippen molar-refractivity contribution in [3.8, 4) is 0 Å². The fourth-order valence-electron chi connectivity index (χ4n) is 3.37. The van der Waals surface area contributed by atoms with E-state index >= 15 is 0 Å². The first-order chi connectivity index (χ1) is 12.0. The molecule has 0 saturated carbocycles. The van der Waals surface area contributed by atoms with E-state index in [1.807, 2.05) is 25.2 Å². The topological polar surface area (TPSA) is 69.7 Å². The molecule has 0 aliphatic carbocycles. The molecule has 4 rings (SSSR count). The van der Waals surface area contributed by atoms with Gasteiger partial charge in [0.25, 0.3) is 11.8 Å². The van der Waals surface area contributed by atoms with E-state index in [1.165, 1.54) is 11.3 Å². The number of nitrogens with zero attached hydrogens (tertiary/aromatic N) is 2. The molecule has 0 radical (unpaired) electrons. The zero-order chi connectivity index (χ0) is 17.6. The van der Waals surface area contributed by atoms with Gasteiger partial charge in [-0.1, -0.05) is 12.1 Å². The molecule has 1 N–H and O–H groups in total. The Morgan fingerprint density at radius 1 is 1.08 bits per heavy atom. The molecule has 0 fully saturated rings. The number of nitrogens with one attached hydrogen (secondary N) is 1. The predicted octanol–water partition coefficient (Wildman–Crippen LogP) is 1.91. The molecule has 0 unspecified atom stereocenters. The average Bonchev–Trinajstić information content (AvgIpc) is 3.09. The number of amides is 3. The van der Waals surface area contributed by atoms with Crippen LogP contribution in [-0.4, -0.2) is 42.8 Å². The van der Waals surface area contributed by atoms with Crippen molar-refractivity contribution in [3.63, 3.8) is 0 Å². The molecular formula is C19H17N3O3. The number of fused-ring (bicyclic) bond motifs is 2. The fourth-order valence-corrected chi connectivity index (χ4v) is 3.37. The van der Waals surface area contributed by atoms with E-state index < -0.39 is 11.8 Å². The molecule has 2 heterocycles. The molecule has 2 aromatic rings. The van der Waals surface area contributed by atoms with Crippen LogP contribution in [0.1, 0.15) is 26.3 Å². The number of hydrogen-bond donors (Lipinski definition) is 1. The number of hydrogen-bond acceptors (Lipinski definition) is 4. The molecule has 3 amide bonds. The molecule has 0 atom stereocenters. The lowest BCUT2D eigenvalue weighted by Gasteiger charge is -2.15. The standard InChI is InChI=1S/C19H17N3O3/c1-21-9-8-12-10-13(6-7-16(12)21)20-17(23)11-22-18(24)14-4-2-3-5-15(14)19(22)25/h2-7,10H,8-9,11H2,1H3,(H,20,23). The summed E-state index contributed by atoms with van der Waals surface area (Å²) in [7, 11) is 2.03. The van der Waals surface area contributed by atoms with Gasteiger partial charge in [0, 0.05) is 25.0 Å². The Bertz CT molecular complexity index is 872. The molecule has 2 aromatic carbocycles. The first-order valence-electron chi connectivity index (χ1n) is 8.14. The number of carbonyl (C=O) groups excluding carboxylic acids is 3. The van der Waals surface area contributed by atoms with Gasteiger partial charge in [-0.05, 0) is 42.3 Å². The zero-order valence-corrected chi connectivity index (χ0v) is 13.8. The van der Waals surface area contributed by atoms with Crippen LogP contribution < -0.4 is 10.2 Å². The first kappa shape index (κ1) is 15.4. The Morgan fingerprint density at radius 2 is 1.76 bits per heavy atom. The first-order valence-corrected chi connectivity index (χ1v) is 8.14. The maximum Gasteiger partial charge on any atom is 0.262 e. The summed E-state index contributed by atoms with van der Waals surface area (Å²) in [5, 5.41) is 2.78. The van der Waals surface area contributed by atoms with Gasteiger partial charge in [-0.15, -0.1) is 0 Å². The Morgan fingerprint density at radius 3 is 2.44 bits per heavy atom. The van der Waals surface area contributed by atoms with Gasteiger partial charge < -0.3 is 10.2 Å². The Labute approximate surface area is 145 Å². The van der Waals surface area contributed by atoms with Crippen molar-refractivity contribution in [2.24, 2.45) is 0 Å². The highest BCUT2D eigenvalue weighted by molar-refractivity contribution is 6.22. The van der Waals surface area contributed by atoms with Gasteiger partial charge >= 0.3 is 0 Å². The minimum absolute atomic E-state index is 0.288. The van der Waals surface area contributed by atoms with Crippen LogP contribution in [0, 0.1) is 0 Å². The van der Waals surface area contributed by atoms with Gasteiger partial charge in [-0.2, -0.15) is 0 Å². The highest BCUT2D eigenvalue weighted by Crippen LogP contribution is 2.29. The fraction of sp³-hybridized carbons (Fsp3) is 0.211. The minimum Gasteiger partial charge on any atom is -0.374 e. The summed E-state index contributed by atoms with van der Waals surface area (Å²) in [6.45, 7) is 0.672. The summed E-state index contributed by atoms with van der Waals surface area (Å²) in [4.78, 5) is 40.1. The average molecular weight is 335 g/mol. The zero-order valence-electron chi connectivity index (χ0n) is 13.8. The molecule has 0 spiro atoms. The highest BCUT2D eigenvalue weighted by Gasteiger charge is 2.36. The van der Waals surface area contributed by atoms with Crippen molar-refractivity contribution in [1.29, 1.82) is 0 Å². The van der Waals surface area contributed by atoms with Crippen molar-refractivity contribution in [2.45, 2.75) is 6.42 Å². The van der Waals surface area contributed by atoms with Crippen molar-refractivity contribution in [2.75, 3.05) is 30.4 Å². The summed E-state index contributed by atoms with van der Waals surface area (Å²) < 4.78 is 0. The van der Waals surface area contributed by atoms with Crippen LogP contribution in [0.25, 0.3) is 0 Å². The van der Waals surface area contributed by atoms with Gasteiger partial charge in [0.2, 0.25) is 5.91 Å². The van der Waals surface area contributed by atoms with Crippen LogP contribution in [0.3, 0.4) is 0 Å². The second kappa shape index (κ2) is 5.73. The number of anilines is 2. The van der Waals surface area contributed by atoms with Gasteiger partial charge in [0.1, 0.15) is 6.54 Å². The molecule has 0 bridgehead atoms. The Kier molecular flexibility index (Phi) is 3.53. The van der Waals surface area contributed by atoms with Gasteiger partial charge in [0.15, 0.2) is 0 Å². The number of benzene rings is 2. The Balaban J connectivity index is 1.47. The van der Waals surface area contributed by atoms with Crippen LogP contribution >= 0.6 is 0 Å². The summed E-state index contributed by atoms with van der Waals surface area (Å²) in [5.41, 5.74) is 3.72. The molecular weight excluding hydrogens is 318 g/mol. The van der Waals surface area contributed by atoms with E-state index in [0.29, 0.717) is 16.8 Å². The molecule has 126 valence electrons. The highest BCUT2D eigenvalue weighted by atomic mass is 16.2. The maximum atomic E-state index is 12.3. The van der Waals surface area contributed by atoms with Crippen molar-refractivity contribution >= 4 is 29.1 Å². The minimum atomic E-state index is -0.425. The molecule has 0 saturated heterocycles. The number of likely N-dealkylation sites (N-methyl/N-ethyl adjacent to an activating group) is 1. The SMILES string of the molecule is CN1CCc2cc(NC(=O)CN3C(=O)c4ccccc4C3=O)ccc21. The summed E-state index contributed by atoms with van der Waals surface area (Å²) in [6.07, 6.45) is 0.938. The lowest BCUT2D eigenvalue weighted by Crippen LogP contribution is -2.37. The number of carbonyl (C=O) groups is 3. The van der Waals surface area contributed by atoms with E-state index in [1.54, 1.807) is 24.3 Å². The smallest absolute Gasteiger partial charge is 0.262 e. The van der Waals surface area contributed by atoms with E-state index in [4.69, 9.17) is 0 Å². The summed E-state index contributed by atoms with van der Waals surface area (Å²) >= 11 is 0. The third-order valence-electron chi connectivity index (χ3n) is 4.67. The third-order valence-corrected chi connectivity index (χ3v) is 4.67. The predicted molar refractivity (Wildman–Crippen MR) is 93.9 cm³/mol. The number of imide groups is 1. The van der Waals surface area contributed by atoms with Crippen LogP contribution in [-0.2, 0) is 11.2 Å². The van der Waals surface area contributed by atoms with E-state index in [9.17, 15) is 14.4 Å². The van der Waals surface area contributed by atoms with E-state index in [-0.39, 0.29) is 12.5 Å². The molecule has 6 nitrogen and oxygen atoms in total. The van der Waals surface area contributed by atoms with Gasteiger partial charge in [-0.25, -0.2) is 0 Å². The molecule has 2 aliphatic rings. The van der Waals surface area contributed by atoms with E-state index in [0.717, 1.165) is 17.9 Å². The van der Waals surface area contributed by atoms with Crippen molar-refractivity contribution in [3.05, 3.63) is 59.2 Å². The van der Waals surface area contributed by atoms with Gasteiger partial charge in [-0.3, -0.25) is 19.3 Å². The largest absolute Gasteiger partial charge is 0.374 e. The lowest BCUT2D eigenvalue weighted by atomic mass is 10.1. The second-order valence-electron chi connectivity index (χ2n) is 6.31. The van der Waals surface area contributed by atoms with Crippen molar-refractivity contribution in [1.82, 2.24) is 4.90 Å². The molecule has 25 heavy (non-hydrogen) atoms. The lowest BCUT2D eigenvalue weighted by molar-refractivity contribution is -0.116. The summed E-state index contributed by atoms with van der Waals surface area (Å²) in [6, 6.07) is 12.4. The summed E-state index contributed by atoms with van der Waals surface area (Å²) in [5.74, 6) is -1.24. The monoisotopic (exact) mass is 335 g/mol. The third kappa shape index (κ3) is 2.55. The van der Waals surface area contributed by atoms with Crippen LogP contribution in [0.15, 0.2) is 42.5 Å².